The van der Waals surface area contributed by atoms with Gasteiger partial charge in [-0.3, -0.25) is 4.79 Å². The van der Waals surface area contributed by atoms with E-state index in [0.717, 1.165) is 40.2 Å². The van der Waals surface area contributed by atoms with Crippen molar-refractivity contribution >= 4 is 29.0 Å². The molecule has 2 fully saturated rings. The van der Waals surface area contributed by atoms with E-state index < -0.39 is 0 Å². The fraction of sp³-hybridized carbons (Fsp3) is 0.524. The highest BCUT2D eigenvalue weighted by Gasteiger charge is 2.35. The van der Waals surface area contributed by atoms with Gasteiger partial charge in [-0.05, 0) is 56.2 Å². The molecule has 2 aromatic rings. The third kappa shape index (κ3) is 3.99. The van der Waals surface area contributed by atoms with Crippen molar-refractivity contribution in [3.63, 3.8) is 0 Å². The molecule has 3 nitrogen and oxygen atoms in total. The average molecular weight is 387 g/mol. The summed E-state index contributed by atoms with van der Waals surface area (Å²) in [5, 5.41) is 2.08. The summed E-state index contributed by atoms with van der Waals surface area (Å²) >= 11 is 3.46. The fourth-order valence-electron chi connectivity index (χ4n) is 4.33. The Bertz CT molecular complexity index is 754. The van der Waals surface area contributed by atoms with E-state index in [4.69, 9.17) is 0 Å². The van der Waals surface area contributed by atoms with E-state index in [9.17, 15) is 4.79 Å². The molecule has 2 atom stereocenters. The number of aryl methyl sites for hydroxylation is 1. The summed E-state index contributed by atoms with van der Waals surface area (Å²) in [6.45, 7) is 2.96. The molecule has 2 unspecified atom stereocenters. The second kappa shape index (κ2) is 8.13. The maximum atomic E-state index is 13.1. The summed E-state index contributed by atoms with van der Waals surface area (Å²) in [5.41, 5.74) is 3.17. The lowest BCUT2D eigenvalue weighted by molar-refractivity contribution is 0.0390. The minimum absolute atomic E-state index is 0.233. The number of thioether (sulfide) groups is 1. The molecule has 138 valence electrons. The lowest BCUT2D eigenvalue weighted by atomic mass is 9.78. The lowest BCUT2D eigenvalue weighted by Crippen LogP contribution is -2.49. The van der Waals surface area contributed by atoms with Crippen molar-refractivity contribution in [2.24, 2.45) is 5.92 Å². The number of hydrogen-bond acceptors (Lipinski definition) is 4. The van der Waals surface area contributed by atoms with E-state index in [0.29, 0.717) is 6.04 Å². The van der Waals surface area contributed by atoms with Crippen LogP contribution in [0.4, 0.5) is 0 Å². The predicted octanol–water partition coefficient (Wildman–Crippen LogP) is 5.54. The van der Waals surface area contributed by atoms with Crippen LogP contribution < -0.4 is 0 Å². The second-order valence-electron chi connectivity index (χ2n) is 7.49. The van der Waals surface area contributed by atoms with Crippen LogP contribution in [0.25, 0.3) is 0 Å². The highest BCUT2D eigenvalue weighted by molar-refractivity contribution is 8.00. The van der Waals surface area contributed by atoms with Gasteiger partial charge in [-0.25, -0.2) is 4.98 Å². The zero-order chi connectivity index (χ0) is 17.9. The van der Waals surface area contributed by atoms with E-state index in [-0.39, 0.29) is 5.91 Å². The van der Waals surface area contributed by atoms with E-state index in [2.05, 4.69) is 27.4 Å². The number of carbonyl (C=O) groups is 1. The maximum Gasteiger partial charge on any atom is 0.254 e. The SMILES string of the molecule is Cc1csc(SCc2ccc(C(=O)N3CCCC4CCCCC43)cc2)n1. The molecular weight excluding hydrogens is 360 g/mol. The molecule has 0 radical (unpaired) electrons. The number of rotatable bonds is 4. The molecule has 1 saturated carbocycles. The lowest BCUT2D eigenvalue weighted by Gasteiger charge is -2.44. The number of piperidine rings is 1. The highest BCUT2D eigenvalue weighted by Crippen LogP contribution is 2.36. The number of thiazole rings is 1. The number of nitrogens with zero attached hydrogens (tertiary/aromatic N) is 2. The molecule has 0 N–H and O–H groups in total. The fourth-order valence-corrected chi connectivity index (χ4v) is 6.14. The summed E-state index contributed by atoms with van der Waals surface area (Å²) < 4.78 is 1.11. The van der Waals surface area contributed by atoms with Crippen molar-refractivity contribution in [1.29, 1.82) is 0 Å². The summed E-state index contributed by atoms with van der Waals surface area (Å²) in [7, 11) is 0. The minimum Gasteiger partial charge on any atom is -0.335 e. The molecule has 2 heterocycles. The van der Waals surface area contributed by atoms with Gasteiger partial charge in [0.05, 0.1) is 0 Å². The molecule has 1 aliphatic carbocycles. The summed E-state index contributed by atoms with van der Waals surface area (Å²) in [5.74, 6) is 1.87. The van der Waals surface area contributed by atoms with Crippen LogP contribution in [0.3, 0.4) is 0 Å². The van der Waals surface area contributed by atoms with Crippen LogP contribution in [0.15, 0.2) is 34.0 Å². The van der Waals surface area contributed by atoms with Crippen molar-refractivity contribution in [3.8, 4) is 0 Å². The van der Waals surface area contributed by atoms with Gasteiger partial charge < -0.3 is 4.90 Å². The molecular formula is C21H26N2OS2. The normalized spacial score (nSPS) is 22.9. The third-order valence-electron chi connectivity index (χ3n) is 5.67. The Hall–Kier alpha value is -1.33. The van der Waals surface area contributed by atoms with Gasteiger partial charge in [0.2, 0.25) is 0 Å². The van der Waals surface area contributed by atoms with Gasteiger partial charge in [-0.1, -0.05) is 36.7 Å². The van der Waals surface area contributed by atoms with Gasteiger partial charge >= 0.3 is 0 Å². The molecule has 4 rings (SSSR count). The van der Waals surface area contributed by atoms with E-state index in [1.165, 1.54) is 37.7 Å². The van der Waals surface area contributed by atoms with Crippen molar-refractivity contribution < 1.29 is 4.79 Å². The summed E-state index contributed by atoms with van der Waals surface area (Å²) in [4.78, 5) is 19.7. The first-order valence-corrected chi connectivity index (χ1v) is 11.5. The van der Waals surface area contributed by atoms with Crippen LogP contribution in [0, 0.1) is 12.8 Å². The summed E-state index contributed by atoms with van der Waals surface area (Å²) in [6, 6.07) is 8.70. The van der Waals surface area contributed by atoms with Crippen LogP contribution in [0.5, 0.6) is 0 Å². The molecule has 1 aromatic carbocycles. The van der Waals surface area contributed by atoms with Gasteiger partial charge in [0, 0.05) is 35.0 Å². The number of amides is 1. The van der Waals surface area contributed by atoms with Crippen LogP contribution in [0.2, 0.25) is 0 Å². The summed E-state index contributed by atoms with van der Waals surface area (Å²) in [6.07, 6.45) is 7.58. The Morgan fingerprint density at radius 3 is 2.73 bits per heavy atom. The standard InChI is InChI=1S/C21H26N2OS2/c1-15-13-25-21(22-15)26-14-16-8-10-18(11-9-16)20(24)23-12-4-6-17-5-2-3-7-19(17)23/h8-11,13,17,19H,2-7,12,14H2,1H3. The molecule has 26 heavy (non-hydrogen) atoms. The van der Waals surface area contributed by atoms with E-state index in [1.807, 2.05) is 19.1 Å². The van der Waals surface area contributed by atoms with Crippen molar-refractivity contribution in [2.75, 3.05) is 6.54 Å². The molecule has 0 spiro atoms. The number of aromatic nitrogens is 1. The van der Waals surface area contributed by atoms with Gasteiger partial charge in [0.25, 0.3) is 5.91 Å². The largest absolute Gasteiger partial charge is 0.335 e. The highest BCUT2D eigenvalue weighted by atomic mass is 32.2. The number of likely N-dealkylation sites (tertiary alicyclic amines) is 1. The Morgan fingerprint density at radius 1 is 1.19 bits per heavy atom. The van der Waals surface area contributed by atoms with Crippen molar-refractivity contribution in [2.45, 2.75) is 61.6 Å². The van der Waals surface area contributed by atoms with Crippen LogP contribution >= 0.6 is 23.1 Å². The second-order valence-corrected chi connectivity index (χ2v) is 9.57. The Balaban J connectivity index is 1.40. The number of hydrogen-bond donors (Lipinski definition) is 0. The molecule has 5 heteroatoms. The van der Waals surface area contributed by atoms with Gasteiger partial charge in [0.15, 0.2) is 0 Å². The Morgan fingerprint density at radius 2 is 1.96 bits per heavy atom. The number of fused-ring (bicyclic) bond motifs is 1. The average Bonchev–Trinajstić information content (AvgIpc) is 3.11. The van der Waals surface area contributed by atoms with Gasteiger partial charge in [-0.15, -0.1) is 11.3 Å². The van der Waals surface area contributed by atoms with Crippen LogP contribution in [-0.4, -0.2) is 28.4 Å². The van der Waals surface area contributed by atoms with Crippen molar-refractivity contribution in [3.05, 3.63) is 46.5 Å². The molecule has 1 aliphatic heterocycles. The first-order chi connectivity index (χ1) is 12.7. The zero-order valence-electron chi connectivity index (χ0n) is 15.3. The van der Waals surface area contributed by atoms with E-state index in [1.54, 1.807) is 23.1 Å². The number of benzene rings is 1. The van der Waals surface area contributed by atoms with Crippen LogP contribution in [-0.2, 0) is 5.75 Å². The maximum absolute atomic E-state index is 13.1. The monoisotopic (exact) mass is 386 g/mol. The molecule has 1 amide bonds. The molecule has 2 aliphatic rings. The first kappa shape index (κ1) is 18.1. The number of carbonyl (C=O) groups excluding carboxylic acids is 1. The Kier molecular flexibility index (Phi) is 5.65. The first-order valence-electron chi connectivity index (χ1n) is 9.65. The topological polar surface area (TPSA) is 33.2 Å². The zero-order valence-corrected chi connectivity index (χ0v) is 17.0. The third-order valence-corrected chi connectivity index (χ3v) is 7.88. The smallest absolute Gasteiger partial charge is 0.254 e. The Labute approximate surface area is 164 Å². The molecule has 1 saturated heterocycles. The van der Waals surface area contributed by atoms with Gasteiger partial charge in [-0.2, -0.15) is 0 Å². The quantitative estimate of drug-likeness (QED) is 0.647. The van der Waals surface area contributed by atoms with Gasteiger partial charge in [0.1, 0.15) is 4.34 Å². The predicted molar refractivity (Wildman–Crippen MR) is 109 cm³/mol. The van der Waals surface area contributed by atoms with Crippen molar-refractivity contribution in [1.82, 2.24) is 9.88 Å². The van der Waals surface area contributed by atoms with Crippen LogP contribution in [0.1, 0.15) is 60.1 Å². The molecule has 1 aromatic heterocycles. The molecule has 0 bridgehead atoms. The minimum atomic E-state index is 0.233. The van der Waals surface area contributed by atoms with E-state index >= 15 is 0 Å².